The zero-order valence-electron chi connectivity index (χ0n) is 8.74. The molecule has 17 heavy (non-hydrogen) atoms. The molecule has 2 aromatic carbocycles. The lowest BCUT2D eigenvalue weighted by molar-refractivity contribution is 0.478. The molecule has 0 spiro atoms. The fourth-order valence-electron chi connectivity index (χ4n) is 1.39. The third-order valence-corrected chi connectivity index (χ3v) is 2.99. The summed E-state index contributed by atoms with van der Waals surface area (Å²) >= 11 is 11.7. The van der Waals surface area contributed by atoms with Gasteiger partial charge in [0.15, 0.2) is 0 Å². The first kappa shape index (κ1) is 11.9. The van der Waals surface area contributed by atoms with Crippen LogP contribution >= 0.6 is 23.2 Å². The second-order valence-electron chi connectivity index (χ2n) is 3.50. The number of phenols is 1. The van der Waals surface area contributed by atoms with Crippen LogP contribution in [0.5, 0.6) is 5.75 Å². The minimum absolute atomic E-state index is 0.137. The molecule has 0 aliphatic heterocycles. The molecule has 0 aromatic heterocycles. The second kappa shape index (κ2) is 4.73. The summed E-state index contributed by atoms with van der Waals surface area (Å²) in [7, 11) is 0. The van der Waals surface area contributed by atoms with Crippen LogP contribution in [0.2, 0.25) is 10.0 Å². The van der Waals surface area contributed by atoms with Crippen LogP contribution < -0.4 is 11.1 Å². The van der Waals surface area contributed by atoms with E-state index in [0.29, 0.717) is 27.1 Å². The molecule has 0 aliphatic carbocycles. The number of para-hydroxylation sites is 2. The number of benzene rings is 2. The zero-order chi connectivity index (χ0) is 12.4. The molecule has 0 aliphatic rings. The largest absolute Gasteiger partial charge is 0.506 e. The van der Waals surface area contributed by atoms with Gasteiger partial charge in [0.05, 0.1) is 27.1 Å². The summed E-state index contributed by atoms with van der Waals surface area (Å²) in [6, 6.07) is 10.0. The van der Waals surface area contributed by atoms with Crippen molar-refractivity contribution in [2.75, 3.05) is 11.1 Å². The van der Waals surface area contributed by atoms with Crippen molar-refractivity contribution in [3.8, 4) is 5.75 Å². The van der Waals surface area contributed by atoms with Crippen LogP contribution in [0.4, 0.5) is 17.1 Å². The van der Waals surface area contributed by atoms with Crippen molar-refractivity contribution in [1.82, 2.24) is 0 Å². The fourth-order valence-corrected chi connectivity index (χ4v) is 1.73. The Morgan fingerprint density at radius 1 is 1.00 bits per heavy atom. The average Bonchev–Trinajstić information content (AvgIpc) is 2.29. The van der Waals surface area contributed by atoms with Gasteiger partial charge in [-0.3, -0.25) is 0 Å². The van der Waals surface area contributed by atoms with E-state index in [-0.39, 0.29) is 5.75 Å². The number of nitrogen functional groups attached to an aromatic ring is 1. The number of nitrogens with one attached hydrogen (secondary N) is 1. The van der Waals surface area contributed by atoms with E-state index in [4.69, 9.17) is 28.9 Å². The summed E-state index contributed by atoms with van der Waals surface area (Å²) < 4.78 is 0. The van der Waals surface area contributed by atoms with Gasteiger partial charge in [0.1, 0.15) is 5.75 Å². The van der Waals surface area contributed by atoms with Crippen molar-refractivity contribution in [2.45, 2.75) is 0 Å². The highest BCUT2D eigenvalue weighted by molar-refractivity contribution is 6.42. The number of halogens is 2. The van der Waals surface area contributed by atoms with Crippen molar-refractivity contribution in [2.24, 2.45) is 0 Å². The van der Waals surface area contributed by atoms with Gasteiger partial charge in [-0.2, -0.15) is 0 Å². The molecule has 0 amide bonds. The number of nitrogens with two attached hydrogens (primary N) is 1. The molecule has 88 valence electrons. The van der Waals surface area contributed by atoms with Gasteiger partial charge in [0, 0.05) is 0 Å². The van der Waals surface area contributed by atoms with Gasteiger partial charge in [-0.15, -0.1) is 0 Å². The predicted octanol–water partition coefficient (Wildman–Crippen LogP) is 4.02. The van der Waals surface area contributed by atoms with Gasteiger partial charge in [-0.05, 0) is 24.3 Å². The van der Waals surface area contributed by atoms with E-state index in [1.165, 1.54) is 0 Å². The minimum atomic E-state index is 0.137. The average molecular weight is 269 g/mol. The normalized spacial score (nSPS) is 10.2. The molecular weight excluding hydrogens is 259 g/mol. The van der Waals surface area contributed by atoms with Crippen molar-refractivity contribution >= 4 is 40.3 Å². The van der Waals surface area contributed by atoms with E-state index in [1.807, 2.05) is 0 Å². The van der Waals surface area contributed by atoms with E-state index in [1.54, 1.807) is 36.4 Å². The van der Waals surface area contributed by atoms with Gasteiger partial charge in [0.2, 0.25) is 0 Å². The number of anilines is 3. The SMILES string of the molecule is Nc1cc(Cl)c(Cl)cc1Nc1ccccc1O. The molecule has 0 fully saturated rings. The first-order valence-electron chi connectivity index (χ1n) is 4.87. The first-order valence-corrected chi connectivity index (χ1v) is 5.63. The van der Waals surface area contributed by atoms with Crippen LogP contribution in [0.25, 0.3) is 0 Å². The molecule has 4 N–H and O–H groups in total. The molecule has 0 saturated carbocycles. The van der Waals surface area contributed by atoms with Crippen LogP contribution in [0, 0.1) is 0 Å². The van der Waals surface area contributed by atoms with E-state index in [0.717, 1.165) is 0 Å². The number of hydrogen-bond donors (Lipinski definition) is 3. The monoisotopic (exact) mass is 268 g/mol. The molecule has 0 atom stereocenters. The second-order valence-corrected chi connectivity index (χ2v) is 4.31. The molecule has 2 rings (SSSR count). The van der Waals surface area contributed by atoms with Crippen LogP contribution in [0.1, 0.15) is 0 Å². The van der Waals surface area contributed by atoms with Crippen molar-refractivity contribution in [1.29, 1.82) is 0 Å². The summed E-state index contributed by atoms with van der Waals surface area (Å²) in [6.45, 7) is 0. The zero-order valence-corrected chi connectivity index (χ0v) is 10.3. The maximum absolute atomic E-state index is 9.62. The summed E-state index contributed by atoms with van der Waals surface area (Å²) in [5.41, 5.74) is 7.41. The quantitative estimate of drug-likeness (QED) is 0.570. The van der Waals surface area contributed by atoms with E-state index >= 15 is 0 Å². The van der Waals surface area contributed by atoms with Gasteiger partial charge in [0.25, 0.3) is 0 Å². The molecule has 0 bridgehead atoms. The standard InChI is InChI=1S/C12H10Cl2N2O/c13-7-5-9(15)11(6-8(7)14)16-10-3-1-2-4-12(10)17/h1-6,16-17H,15H2. The molecule has 3 nitrogen and oxygen atoms in total. The topological polar surface area (TPSA) is 58.3 Å². The molecule has 0 unspecified atom stereocenters. The Bertz CT molecular complexity index is 558. The lowest BCUT2D eigenvalue weighted by atomic mass is 10.2. The van der Waals surface area contributed by atoms with Crippen LogP contribution in [0.3, 0.4) is 0 Å². The fraction of sp³-hybridized carbons (Fsp3) is 0. The third kappa shape index (κ3) is 2.57. The van der Waals surface area contributed by atoms with Crippen molar-refractivity contribution in [3.05, 3.63) is 46.4 Å². The van der Waals surface area contributed by atoms with E-state index < -0.39 is 0 Å². The molecule has 0 radical (unpaired) electrons. The number of rotatable bonds is 2. The van der Waals surface area contributed by atoms with Crippen LogP contribution in [-0.4, -0.2) is 5.11 Å². The maximum Gasteiger partial charge on any atom is 0.139 e. The Labute approximate surface area is 109 Å². The number of hydrogen-bond acceptors (Lipinski definition) is 3. The number of phenolic OH excluding ortho intramolecular Hbond substituents is 1. The summed E-state index contributed by atoms with van der Waals surface area (Å²) in [5.74, 6) is 0.137. The van der Waals surface area contributed by atoms with Crippen LogP contribution in [0.15, 0.2) is 36.4 Å². The minimum Gasteiger partial charge on any atom is -0.506 e. The molecular formula is C12H10Cl2N2O. The lowest BCUT2D eigenvalue weighted by Gasteiger charge is -2.11. The summed E-state index contributed by atoms with van der Waals surface area (Å²) in [6.07, 6.45) is 0. The van der Waals surface area contributed by atoms with Crippen LogP contribution in [-0.2, 0) is 0 Å². The van der Waals surface area contributed by atoms with Gasteiger partial charge >= 0.3 is 0 Å². The Hall–Kier alpha value is -1.58. The highest BCUT2D eigenvalue weighted by atomic mass is 35.5. The lowest BCUT2D eigenvalue weighted by Crippen LogP contribution is -1.96. The van der Waals surface area contributed by atoms with Gasteiger partial charge in [-0.25, -0.2) is 0 Å². The third-order valence-electron chi connectivity index (χ3n) is 2.27. The number of aromatic hydroxyl groups is 1. The highest BCUT2D eigenvalue weighted by Crippen LogP contribution is 2.34. The smallest absolute Gasteiger partial charge is 0.139 e. The van der Waals surface area contributed by atoms with Gasteiger partial charge < -0.3 is 16.2 Å². The highest BCUT2D eigenvalue weighted by Gasteiger charge is 2.07. The van der Waals surface area contributed by atoms with E-state index in [2.05, 4.69) is 5.32 Å². The van der Waals surface area contributed by atoms with Crippen molar-refractivity contribution in [3.63, 3.8) is 0 Å². The Balaban J connectivity index is 2.37. The predicted molar refractivity (Wildman–Crippen MR) is 72.3 cm³/mol. The molecule has 0 heterocycles. The summed E-state index contributed by atoms with van der Waals surface area (Å²) in [5, 5.41) is 13.4. The molecule has 5 heteroatoms. The van der Waals surface area contributed by atoms with Crippen molar-refractivity contribution < 1.29 is 5.11 Å². The Kier molecular flexibility index (Phi) is 3.31. The summed E-state index contributed by atoms with van der Waals surface area (Å²) in [4.78, 5) is 0. The Morgan fingerprint density at radius 2 is 1.65 bits per heavy atom. The first-order chi connectivity index (χ1) is 8.08. The molecule has 2 aromatic rings. The maximum atomic E-state index is 9.62. The Morgan fingerprint density at radius 3 is 2.35 bits per heavy atom. The molecule has 0 saturated heterocycles. The van der Waals surface area contributed by atoms with E-state index in [9.17, 15) is 5.11 Å². The van der Waals surface area contributed by atoms with Gasteiger partial charge in [-0.1, -0.05) is 35.3 Å².